The average molecular weight is 254 g/mol. The highest BCUT2D eigenvalue weighted by Gasteiger charge is 2.06. The maximum absolute atomic E-state index is 4.75. The number of hydrogen-bond donors (Lipinski definition) is 1. The summed E-state index contributed by atoms with van der Waals surface area (Å²) in [6.07, 6.45) is 0. The molecule has 0 atom stereocenters. The Labute approximate surface area is 110 Å². The Morgan fingerprint density at radius 3 is 2.53 bits per heavy atom. The molecule has 0 spiro atoms. The van der Waals surface area contributed by atoms with Crippen molar-refractivity contribution in [1.29, 1.82) is 0 Å². The van der Waals surface area contributed by atoms with Crippen molar-refractivity contribution in [3.8, 4) is 0 Å². The minimum Gasteiger partial charge on any atom is -0.378 e. The SMILES string of the molecule is CN(C)c1ccc(Nc2cccc3nonc23)cc1. The molecule has 0 fully saturated rings. The molecule has 0 bridgehead atoms. The van der Waals surface area contributed by atoms with Gasteiger partial charge >= 0.3 is 0 Å². The lowest BCUT2D eigenvalue weighted by Crippen LogP contribution is -2.08. The van der Waals surface area contributed by atoms with Gasteiger partial charge in [0.1, 0.15) is 5.52 Å². The van der Waals surface area contributed by atoms with E-state index in [-0.39, 0.29) is 0 Å². The zero-order valence-electron chi connectivity index (χ0n) is 10.8. The monoisotopic (exact) mass is 254 g/mol. The van der Waals surface area contributed by atoms with Crippen molar-refractivity contribution in [3.63, 3.8) is 0 Å². The number of nitrogens with one attached hydrogen (secondary N) is 1. The third kappa shape index (κ3) is 2.22. The highest BCUT2D eigenvalue weighted by Crippen LogP contribution is 2.25. The highest BCUT2D eigenvalue weighted by molar-refractivity contribution is 5.89. The Kier molecular flexibility index (Phi) is 2.79. The highest BCUT2D eigenvalue weighted by atomic mass is 16.6. The van der Waals surface area contributed by atoms with Crippen molar-refractivity contribution >= 4 is 28.1 Å². The number of benzene rings is 2. The third-order valence-corrected chi connectivity index (χ3v) is 2.95. The maximum atomic E-state index is 4.75. The normalized spacial score (nSPS) is 10.6. The fourth-order valence-electron chi connectivity index (χ4n) is 1.91. The average Bonchev–Trinajstić information content (AvgIpc) is 2.89. The third-order valence-electron chi connectivity index (χ3n) is 2.95. The fourth-order valence-corrected chi connectivity index (χ4v) is 1.91. The number of rotatable bonds is 3. The van der Waals surface area contributed by atoms with Crippen LogP contribution in [0, 0.1) is 0 Å². The number of aromatic nitrogens is 2. The molecule has 1 heterocycles. The Balaban J connectivity index is 1.90. The molecule has 96 valence electrons. The van der Waals surface area contributed by atoms with Gasteiger partial charge in [-0.15, -0.1) is 0 Å². The molecular weight excluding hydrogens is 240 g/mol. The number of nitrogens with zero attached hydrogens (tertiary/aromatic N) is 3. The summed E-state index contributed by atoms with van der Waals surface area (Å²) >= 11 is 0. The van der Waals surface area contributed by atoms with E-state index < -0.39 is 0 Å². The molecule has 0 radical (unpaired) electrons. The van der Waals surface area contributed by atoms with E-state index in [0.29, 0.717) is 0 Å². The topological polar surface area (TPSA) is 54.2 Å². The Hall–Kier alpha value is -2.56. The van der Waals surface area contributed by atoms with E-state index in [2.05, 4.69) is 32.7 Å². The molecule has 0 amide bonds. The number of hydrogen-bond acceptors (Lipinski definition) is 5. The molecule has 19 heavy (non-hydrogen) atoms. The second-order valence-electron chi connectivity index (χ2n) is 4.50. The summed E-state index contributed by atoms with van der Waals surface area (Å²) < 4.78 is 4.75. The molecule has 1 N–H and O–H groups in total. The first-order valence-electron chi connectivity index (χ1n) is 6.00. The summed E-state index contributed by atoms with van der Waals surface area (Å²) in [5.41, 5.74) is 4.53. The summed E-state index contributed by atoms with van der Waals surface area (Å²) in [6, 6.07) is 13.9. The first-order valence-corrected chi connectivity index (χ1v) is 6.00. The van der Waals surface area contributed by atoms with Crippen LogP contribution in [0.5, 0.6) is 0 Å². The van der Waals surface area contributed by atoms with Crippen LogP contribution in [0.1, 0.15) is 0 Å². The second-order valence-corrected chi connectivity index (χ2v) is 4.50. The van der Waals surface area contributed by atoms with Crippen molar-refractivity contribution in [3.05, 3.63) is 42.5 Å². The van der Waals surface area contributed by atoms with Crippen molar-refractivity contribution in [2.45, 2.75) is 0 Å². The predicted molar refractivity (Wildman–Crippen MR) is 75.9 cm³/mol. The van der Waals surface area contributed by atoms with E-state index in [4.69, 9.17) is 4.63 Å². The van der Waals surface area contributed by atoms with Crippen molar-refractivity contribution < 1.29 is 4.63 Å². The molecular formula is C14H14N4O. The molecule has 0 aliphatic carbocycles. The lowest BCUT2D eigenvalue weighted by molar-refractivity contribution is 0.315. The van der Waals surface area contributed by atoms with Crippen LogP contribution in [-0.4, -0.2) is 24.4 Å². The molecule has 0 aliphatic rings. The number of fused-ring (bicyclic) bond motifs is 1. The minimum absolute atomic E-state index is 0.735. The predicted octanol–water partition coefficient (Wildman–Crippen LogP) is 3.03. The second kappa shape index (κ2) is 4.61. The van der Waals surface area contributed by atoms with Crippen LogP contribution in [0.3, 0.4) is 0 Å². The van der Waals surface area contributed by atoms with Gasteiger partial charge in [0.05, 0.1) is 5.69 Å². The van der Waals surface area contributed by atoms with E-state index >= 15 is 0 Å². The quantitative estimate of drug-likeness (QED) is 0.778. The molecule has 0 unspecified atom stereocenters. The summed E-state index contributed by atoms with van der Waals surface area (Å²) in [4.78, 5) is 2.06. The van der Waals surface area contributed by atoms with Crippen LogP contribution in [0.2, 0.25) is 0 Å². The van der Waals surface area contributed by atoms with Gasteiger partial charge in [0.2, 0.25) is 0 Å². The molecule has 3 aromatic rings. The van der Waals surface area contributed by atoms with Crippen LogP contribution >= 0.6 is 0 Å². The largest absolute Gasteiger partial charge is 0.378 e. The van der Waals surface area contributed by atoms with Gasteiger partial charge in [-0.05, 0) is 46.7 Å². The van der Waals surface area contributed by atoms with Crippen molar-refractivity contribution in [1.82, 2.24) is 10.3 Å². The van der Waals surface area contributed by atoms with Crippen molar-refractivity contribution in [2.24, 2.45) is 0 Å². The lowest BCUT2D eigenvalue weighted by Gasteiger charge is -2.13. The number of anilines is 3. The van der Waals surface area contributed by atoms with E-state index in [1.165, 1.54) is 0 Å². The molecule has 5 nitrogen and oxygen atoms in total. The standard InChI is InChI=1S/C14H14N4O/c1-18(2)11-8-6-10(7-9-11)15-12-4-3-5-13-14(12)17-19-16-13/h3-9,15H,1-2H3. The first kappa shape index (κ1) is 11.5. The summed E-state index contributed by atoms with van der Waals surface area (Å²) in [5, 5.41) is 11.0. The van der Waals surface area contributed by atoms with Gasteiger partial charge < -0.3 is 10.2 Å². The van der Waals surface area contributed by atoms with E-state index in [1.807, 2.05) is 44.4 Å². The molecule has 1 aromatic heterocycles. The maximum Gasteiger partial charge on any atom is 0.158 e. The molecule has 5 heteroatoms. The zero-order valence-corrected chi connectivity index (χ0v) is 10.8. The van der Waals surface area contributed by atoms with Gasteiger partial charge in [0.15, 0.2) is 5.52 Å². The van der Waals surface area contributed by atoms with E-state index in [0.717, 1.165) is 28.1 Å². The molecule has 0 saturated heterocycles. The summed E-state index contributed by atoms with van der Waals surface area (Å²) in [5.74, 6) is 0. The molecule has 0 saturated carbocycles. The van der Waals surface area contributed by atoms with Crippen LogP contribution in [-0.2, 0) is 0 Å². The van der Waals surface area contributed by atoms with Gasteiger partial charge in [-0.3, -0.25) is 0 Å². The fraction of sp³-hybridized carbons (Fsp3) is 0.143. The summed E-state index contributed by atoms with van der Waals surface area (Å²) in [6.45, 7) is 0. The molecule has 0 aliphatic heterocycles. The van der Waals surface area contributed by atoms with Crippen LogP contribution in [0.4, 0.5) is 17.1 Å². The van der Waals surface area contributed by atoms with Crippen LogP contribution < -0.4 is 10.2 Å². The van der Waals surface area contributed by atoms with Crippen molar-refractivity contribution in [2.75, 3.05) is 24.3 Å². The van der Waals surface area contributed by atoms with Gasteiger partial charge in [-0.2, -0.15) is 0 Å². The first-order chi connectivity index (χ1) is 9.24. The van der Waals surface area contributed by atoms with Gasteiger partial charge in [-0.25, -0.2) is 4.63 Å². The smallest absolute Gasteiger partial charge is 0.158 e. The summed E-state index contributed by atoms with van der Waals surface area (Å²) in [7, 11) is 4.04. The zero-order chi connectivity index (χ0) is 13.2. The van der Waals surface area contributed by atoms with Gasteiger partial charge in [0, 0.05) is 25.5 Å². The lowest BCUT2D eigenvalue weighted by atomic mass is 10.2. The Morgan fingerprint density at radius 1 is 1.00 bits per heavy atom. The van der Waals surface area contributed by atoms with Gasteiger partial charge in [-0.1, -0.05) is 6.07 Å². The Bertz CT molecular complexity index is 688. The Morgan fingerprint density at radius 2 is 1.79 bits per heavy atom. The van der Waals surface area contributed by atoms with Gasteiger partial charge in [0.25, 0.3) is 0 Å². The van der Waals surface area contributed by atoms with Crippen LogP contribution in [0.15, 0.2) is 47.1 Å². The van der Waals surface area contributed by atoms with E-state index in [1.54, 1.807) is 0 Å². The van der Waals surface area contributed by atoms with Crippen LogP contribution in [0.25, 0.3) is 11.0 Å². The minimum atomic E-state index is 0.735. The molecule has 3 rings (SSSR count). The molecule has 2 aromatic carbocycles. The van der Waals surface area contributed by atoms with E-state index in [9.17, 15) is 0 Å².